The molecule has 0 fully saturated rings. The number of ether oxygens (including phenoxy) is 3. The summed E-state index contributed by atoms with van der Waals surface area (Å²) in [5, 5.41) is 0. The van der Waals surface area contributed by atoms with Crippen LogP contribution >= 0.6 is 0 Å². The predicted octanol–water partition coefficient (Wildman–Crippen LogP) is 8.32. The molecule has 5 heteroatoms. The van der Waals surface area contributed by atoms with Crippen LogP contribution in [0.15, 0.2) is 0 Å². The predicted molar refractivity (Wildman–Crippen MR) is 141 cm³/mol. The molecule has 0 saturated heterocycles. The molecule has 0 aromatic carbocycles. The van der Waals surface area contributed by atoms with E-state index in [1.165, 1.54) is 12.8 Å². The number of carbonyl (C=O) groups is 2. The highest BCUT2D eigenvalue weighted by Crippen LogP contribution is 2.21. The van der Waals surface area contributed by atoms with Gasteiger partial charge in [0.15, 0.2) is 0 Å². The molecule has 0 aliphatic rings. The molecule has 5 nitrogen and oxygen atoms in total. The van der Waals surface area contributed by atoms with E-state index >= 15 is 0 Å². The molecule has 0 atom stereocenters. The summed E-state index contributed by atoms with van der Waals surface area (Å²) in [7, 11) is 0. The van der Waals surface area contributed by atoms with Gasteiger partial charge in [0.05, 0.1) is 12.2 Å². The monoisotopic (exact) mass is 484 g/mol. The first-order valence-electron chi connectivity index (χ1n) is 14.2. The molecular formula is C29H56O5. The molecule has 0 aliphatic heterocycles. The van der Waals surface area contributed by atoms with Gasteiger partial charge in [0.2, 0.25) is 0 Å². The topological polar surface area (TPSA) is 61.8 Å². The molecule has 0 saturated carbocycles. The average Bonchev–Trinajstić information content (AvgIpc) is 2.81. The third-order valence-corrected chi connectivity index (χ3v) is 7.01. The Kier molecular flexibility index (Phi) is 19.5. The van der Waals surface area contributed by atoms with E-state index in [2.05, 4.69) is 34.6 Å². The SMILES string of the molecule is CCC(C)(C)OCCCCCCOC(=O)CCCCCCCCCCC(=O)OC(C)(CC)CC. The van der Waals surface area contributed by atoms with Crippen LogP contribution in [0, 0.1) is 0 Å². The van der Waals surface area contributed by atoms with Gasteiger partial charge in [-0.2, -0.15) is 0 Å². The lowest BCUT2D eigenvalue weighted by Gasteiger charge is -2.26. The van der Waals surface area contributed by atoms with Gasteiger partial charge in [0.1, 0.15) is 5.60 Å². The maximum Gasteiger partial charge on any atom is 0.306 e. The molecule has 0 unspecified atom stereocenters. The number of esters is 2. The van der Waals surface area contributed by atoms with Crippen molar-refractivity contribution < 1.29 is 23.8 Å². The smallest absolute Gasteiger partial charge is 0.306 e. The second-order valence-corrected chi connectivity index (χ2v) is 10.6. The lowest BCUT2D eigenvalue weighted by molar-refractivity contribution is -0.159. The zero-order valence-corrected chi connectivity index (χ0v) is 23.5. The maximum atomic E-state index is 11.9. The Balaban J connectivity index is 3.41. The molecule has 0 aliphatic carbocycles. The molecule has 0 N–H and O–H groups in total. The van der Waals surface area contributed by atoms with Gasteiger partial charge in [0, 0.05) is 19.4 Å². The van der Waals surface area contributed by atoms with Crippen molar-refractivity contribution in [3.63, 3.8) is 0 Å². The van der Waals surface area contributed by atoms with Gasteiger partial charge in [-0.25, -0.2) is 0 Å². The highest BCUT2D eigenvalue weighted by molar-refractivity contribution is 5.70. The largest absolute Gasteiger partial charge is 0.466 e. The van der Waals surface area contributed by atoms with Crippen LogP contribution in [0.3, 0.4) is 0 Å². The van der Waals surface area contributed by atoms with Gasteiger partial charge in [-0.15, -0.1) is 0 Å². The lowest BCUT2D eigenvalue weighted by Crippen LogP contribution is -2.29. The van der Waals surface area contributed by atoms with E-state index in [1.807, 2.05) is 6.92 Å². The van der Waals surface area contributed by atoms with E-state index in [0.717, 1.165) is 90.1 Å². The Bertz CT molecular complexity index is 511. The minimum absolute atomic E-state index is 0.0158. The van der Waals surface area contributed by atoms with Crippen molar-refractivity contribution in [1.29, 1.82) is 0 Å². The number of unbranched alkanes of at least 4 members (excludes halogenated alkanes) is 10. The van der Waals surface area contributed by atoms with Crippen LogP contribution in [0.4, 0.5) is 0 Å². The van der Waals surface area contributed by atoms with Gasteiger partial charge in [-0.3, -0.25) is 9.59 Å². The summed E-state index contributed by atoms with van der Waals surface area (Å²) in [6.07, 6.45) is 16.8. The first-order valence-corrected chi connectivity index (χ1v) is 14.2. The molecule has 202 valence electrons. The molecular weight excluding hydrogens is 428 g/mol. The van der Waals surface area contributed by atoms with Crippen LogP contribution in [-0.2, 0) is 23.8 Å². The Hall–Kier alpha value is -1.10. The van der Waals surface area contributed by atoms with Crippen molar-refractivity contribution in [3.05, 3.63) is 0 Å². The molecule has 0 amide bonds. The highest BCUT2D eigenvalue weighted by atomic mass is 16.6. The van der Waals surface area contributed by atoms with Crippen molar-refractivity contribution >= 4 is 11.9 Å². The summed E-state index contributed by atoms with van der Waals surface area (Å²) in [6, 6.07) is 0. The molecule has 0 spiro atoms. The first kappa shape index (κ1) is 32.9. The van der Waals surface area contributed by atoms with Crippen molar-refractivity contribution in [3.8, 4) is 0 Å². The number of carbonyl (C=O) groups excluding carboxylic acids is 2. The van der Waals surface area contributed by atoms with Crippen LogP contribution in [0.25, 0.3) is 0 Å². The summed E-state index contributed by atoms with van der Waals surface area (Å²) in [6.45, 7) is 13.9. The third-order valence-electron chi connectivity index (χ3n) is 7.01. The highest BCUT2D eigenvalue weighted by Gasteiger charge is 2.23. The molecule has 34 heavy (non-hydrogen) atoms. The minimum Gasteiger partial charge on any atom is -0.466 e. The van der Waals surface area contributed by atoms with Crippen molar-refractivity contribution in [2.75, 3.05) is 13.2 Å². The van der Waals surface area contributed by atoms with Gasteiger partial charge < -0.3 is 14.2 Å². The van der Waals surface area contributed by atoms with E-state index in [-0.39, 0.29) is 23.1 Å². The van der Waals surface area contributed by atoms with E-state index in [1.54, 1.807) is 0 Å². The van der Waals surface area contributed by atoms with Gasteiger partial charge in [-0.05, 0) is 72.1 Å². The van der Waals surface area contributed by atoms with Crippen LogP contribution in [0.1, 0.15) is 151 Å². The Morgan fingerprint density at radius 2 is 1.00 bits per heavy atom. The normalized spacial score (nSPS) is 12.1. The fourth-order valence-corrected chi connectivity index (χ4v) is 3.59. The van der Waals surface area contributed by atoms with Crippen molar-refractivity contribution in [2.24, 2.45) is 0 Å². The average molecular weight is 485 g/mol. The minimum atomic E-state index is -0.301. The molecule has 0 bridgehead atoms. The van der Waals surface area contributed by atoms with Crippen molar-refractivity contribution in [2.45, 2.75) is 162 Å². The second-order valence-electron chi connectivity index (χ2n) is 10.6. The third kappa shape index (κ3) is 19.2. The summed E-state index contributed by atoms with van der Waals surface area (Å²) < 4.78 is 16.8. The van der Waals surface area contributed by atoms with E-state index in [4.69, 9.17) is 14.2 Å². The van der Waals surface area contributed by atoms with Crippen LogP contribution in [0.2, 0.25) is 0 Å². The van der Waals surface area contributed by atoms with Crippen LogP contribution in [0.5, 0.6) is 0 Å². The summed E-state index contributed by atoms with van der Waals surface area (Å²) >= 11 is 0. The van der Waals surface area contributed by atoms with Gasteiger partial charge in [0.25, 0.3) is 0 Å². The molecule has 0 rings (SSSR count). The fraction of sp³-hybridized carbons (Fsp3) is 0.931. The summed E-state index contributed by atoms with van der Waals surface area (Å²) in [4.78, 5) is 23.8. The molecule has 0 aromatic rings. The van der Waals surface area contributed by atoms with Gasteiger partial charge >= 0.3 is 11.9 Å². The van der Waals surface area contributed by atoms with Gasteiger partial charge in [-0.1, -0.05) is 65.7 Å². The maximum absolute atomic E-state index is 11.9. The van der Waals surface area contributed by atoms with Crippen molar-refractivity contribution in [1.82, 2.24) is 0 Å². The van der Waals surface area contributed by atoms with Crippen LogP contribution in [-0.4, -0.2) is 36.4 Å². The second kappa shape index (κ2) is 20.1. The number of hydrogen-bond acceptors (Lipinski definition) is 5. The Labute approximate surface area is 211 Å². The molecule has 0 aromatic heterocycles. The summed E-state index contributed by atoms with van der Waals surface area (Å²) in [5.41, 5.74) is -0.317. The van der Waals surface area contributed by atoms with E-state index in [9.17, 15) is 9.59 Å². The number of rotatable bonds is 23. The fourth-order valence-electron chi connectivity index (χ4n) is 3.59. The lowest BCUT2D eigenvalue weighted by atomic mass is 10.00. The Morgan fingerprint density at radius 1 is 0.559 bits per heavy atom. The Morgan fingerprint density at radius 3 is 1.50 bits per heavy atom. The van der Waals surface area contributed by atoms with Crippen LogP contribution < -0.4 is 0 Å². The van der Waals surface area contributed by atoms with E-state index in [0.29, 0.717) is 19.4 Å². The summed E-state index contributed by atoms with van der Waals surface area (Å²) in [5.74, 6) is -0.110. The molecule has 0 heterocycles. The number of hydrogen-bond donors (Lipinski definition) is 0. The van der Waals surface area contributed by atoms with E-state index < -0.39 is 0 Å². The zero-order chi connectivity index (χ0) is 25.7. The quantitative estimate of drug-likeness (QED) is 0.108. The molecule has 0 radical (unpaired) electrons. The first-order chi connectivity index (χ1) is 16.2. The standard InChI is InChI=1S/C29H56O5/c1-7-28(4,5)33-25-21-17-16-20-24-32-26(30)22-18-14-12-10-11-13-15-19-23-27(31)34-29(6,8-2)9-3/h7-25H2,1-6H3. The zero-order valence-electron chi connectivity index (χ0n) is 23.5.